The van der Waals surface area contributed by atoms with Crippen LogP contribution in [0.3, 0.4) is 0 Å². The fourth-order valence-corrected chi connectivity index (χ4v) is 1.91. The molecule has 0 saturated carbocycles. The molecule has 0 aromatic heterocycles. The molecular formula is C16H10F3NO3. The van der Waals surface area contributed by atoms with Crippen LogP contribution in [0.2, 0.25) is 0 Å². The van der Waals surface area contributed by atoms with Crippen LogP contribution in [-0.2, 0) is 6.18 Å². The molecule has 0 saturated heterocycles. The lowest BCUT2D eigenvalue weighted by Gasteiger charge is -2.16. The van der Waals surface area contributed by atoms with Gasteiger partial charge in [-0.3, -0.25) is 4.79 Å². The Hall–Kier alpha value is -3.01. The van der Waals surface area contributed by atoms with Crippen molar-refractivity contribution in [2.24, 2.45) is 0 Å². The predicted molar refractivity (Wildman–Crippen MR) is 74.6 cm³/mol. The third-order valence-corrected chi connectivity index (χ3v) is 2.98. The van der Waals surface area contributed by atoms with Crippen LogP contribution in [0.25, 0.3) is 0 Å². The molecule has 0 unspecified atom stereocenters. The summed E-state index contributed by atoms with van der Waals surface area (Å²) in [5, 5.41) is 9.02. The molecule has 2 aromatic rings. The number of hydrogen-bond donors (Lipinski definition) is 0. The highest BCUT2D eigenvalue weighted by atomic mass is 19.4. The van der Waals surface area contributed by atoms with Crippen molar-refractivity contribution in [3.05, 3.63) is 53.1 Å². The topological polar surface area (TPSA) is 59.3 Å². The van der Waals surface area contributed by atoms with E-state index in [1.54, 1.807) is 6.07 Å². The van der Waals surface area contributed by atoms with E-state index in [-0.39, 0.29) is 22.6 Å². The number of hydrogen-bond acceptors (Lipinski definition) is 4. The maximum absolute atomic E-state index is 13.1. The lowest BCUT2D eigenvalue weighted by atomic mass is 10.1. The van der Waals surface area contributed by atoms with Crippen molar-refractivity contribution in [1.29, 1.82) is 5.26 Å². The highest BCUT2D eigenvalue weighted by Gasteiger charge is 2.36. The summed E-state index contributed by atoms with van der Waals surface area (Å²) < 4.78 is 49.6. The Morgan fingerprint density at radius 3 is 2.48 bits per heavy atom. The monoisotopic (exact) mass is 321 g/mol. The molecule has 0 radical (unpaired) electrons. The Morgan fingerprint density at radius 2 is 1.91 bits per heavy atom. The van der Waals surface area contributed by atoms with Crippen LogP contribution in [0.1, 0.15) is 21.5 Å². The van der Waals surface area contributed by atoms with Crippen molar-refractivity contribution in [2.75, 3.05) is 7.11 Å². The Morgan fingerprint density at radius 1 is 1.17 bits per heavy atom. The molecule has 0 N–H and O–H groups in total. The zero-order valence-electron chi connectivity index (χ0n) is 11.8. The summed E-state index contributed by atoms with van der Waals surface area (Å²) in [5.74, 6) is -0.568. The van der Waals surface area contributed by atoms with E-state index in [9.17, 15) is 18.0 Å². The van der Waals surface area contributed by atoms with Gasteiger partial charge in [-0.15, -0.1) is 0 Å². The van der Waals surface area contributed by atoms with Gasteiger partial charge in [0.25, 0.3) is 0 Å². The van der Waals surface area contributed by atoms with Gasteiger partial charge in [0.05, 0.1) is 18.2 Å². The molecule has 2 rings (SSSR count). The molecule has 0 bridgehead atoms. The largest absolute Gasteiger partial charge is 0.493 e. The first-order chi connectivity index (χ1) is 10.9. The summed E-state index contributed by atoms with van der Waals surface area (Å²) in [7, 11) is 1.29. The van der Waals surface area contributed by atoms with Gasteiger partial charge >= 0.3 is 6.18 Å². The number of nitriles is 1. The second-order valence-electron chi connectivity index (χ2n) is 4.42. The average molecular weight is 321 g/mol. The minimum absolute atomic E-state index is 0.0358. The molecule has 0 amide bonds. The number of aldehydes is 1. The van der Waals surface area contributed by atoms with Crippen molar-refractivity contribution in [3.63, 3.8) is 0 Å². The summed E-state index contributed by atoms with van der Waals surface area (Å²) >= 11 is 0. The molecular weight excluding hydrogens is 311 g/mol. The minimum atomic E-state index is -4.68. The van der Waals surface area contributed by atoms with Crippen LogP contribution in [0.15, 0.2) is 36.4 Å². The SMILES string of the molecule is COc1cc(C=O)ccc1Oc1c(C#N)cccc1C(F)(F)F. The smallest absolute Gasteiger partial charge is 0.420 e. The van der Waals surface area contributed by atoms with Crippen molar-refractivity contribution in [3.8, 4) is 23.3 Å². The van der Waals surface area contributed by atoms with Gasteiger partial charge in [-0.05, 0) is 30.3 Å². The van der Waals surface area contributed by atoms with Crippen LogP contribution >= 0.6 is 0 Å². The van der Waals surface area contributed by atoms with Gasteiger partial charge in [-0.25, -0.2) is 0 Å². The molecule has 0 heterocycles. The Balaban J connectivity index is 2.56. The number of halogens is 3. The first-order valence-corrected chi connectivity index (χ1v) is 6.32. The van der Waals surface area contributed by atoms with E-state index in [0.29, 0.717) is 6.29 Å². The predicted octanol–water partition coefficient (Wildman–Crippen LogP) is 4.19. The van der Waals surface area contributed by atoms with E-state index in [2.05, 4.69) is 0 Å². The first kappa shape index (κ1) is 16.4. The van der Waals surface area contributed by atoms with E-state index >= 15 is 0 Å². The van der Waals surface area contributed by atoms with E-state index < -0.39 is 17.5 Å². The number of ether oxygens (including phenoxy) is 2. The Kier molecular flexibility index (Phi) is 4.55. The molecule has 0 fully saturated rings. The first-order valence-electron chi connectivity index (χ1n) is 6.32. The zero-order chi connectivity index (χ0) is 17.0. The summed E-state index contributed by atoms with van der Waals surface area (Å²) in [5.41, 5.74) is -1.06. The molecule has 4 nitrogen and oxygen atoms in total. The van der Waals surface area contributed by atoms with E-state index in [4.69, 9.17) is 14.7 Å². The zero-order valence-corrected chi connectivity index (χ0v) is 11.8. The summed E-state index contributed by atoms with van der Waals surface area (Å²) in [6.07, 6.45) is -4.12. The quantitative estimate of drug-likeness (QED) is 0.792. The van der Waals surface area contributed by atoms with Crippen LogP contribution in [0, 0.1) is 11.3 Å². The summed E-state index contributed by atoms with van der Waals surface area (Å²) in [4.78, 5) is 10.7. The molecule has 7 heteroatoms. The van der Waals surface area contributed by atoms with Crippen LogP contribution < -0.4 is 9.47 Å². The van der Waals surface area contributed by atoms with Gasteiger partial charge < -0.3 is 9.47 Å². The number of benzene rings is 2. The van der Waals surface area contributed by atoms with E-state index in [1.165, 1.54) is 31.4 Å². The fourth-order valence-electron chi connectivity index (χ4n) is 1.91. The molecule has 0 aliphatic carbocycles. The van der Waals surface area contributed by atoms with Crippen molar-refractivity contribution < 1.29 is 27.4 Å². The third-order valence-electron chi connectivity index (χ3n) is 2.98. The molecule has 0 spiro atoms. The summed E-state index contributed by atoms with van der Waals surface area (Å²) in [6.45, 7) is 0. The van der Waals surface area contributed by atoms with Gasteiger partial charge in [-0.2, -0.15) is 18.4 Å². The summed E-state index contributed by atoms with van der Waals surface area (Å²) in [6, 6.07) is 8.83. The highest BCUT2D eigenvalue weighted by Crippen LogP contribution is 2.42. The van der Waals surface area contributed by atoms with Crippen LogP contribution in [0.5, 0.6) is 17.2 Å². The normalized spacial score (nSPS) is 10.7. The Bertz CT molecular complexity index is 779. The lowest BCUT2D eigenvalue weighted by Crippen LogP contribution is -2.08. The van der Waals surface area contributed by atoms with Crippen molar-refractivity contribution in [1.82, 2.24) is 0 Å². The van der Waals surface area contributed by atoms with Gasteiger partial charge in [0.15, 0.2) is 17.2 Å². The number of rotatable bonds is 4. The second-order valence-corrected chi connectivity index (χ2v) is 4.42. The maximum atomic E-state index is 13.1. The number of carbonyl (C=O) groups is 1. The number of nitrogens with zero attached hydrogens (tertiary/aromatic N) is 1. The van der Waals surface area contributed by atoms with Gasteiger partial charge in [0.2, 0.25) is 0 Å². The maximum Gasteiger partial charge on any atom is 0.420 e. The highest BCUT2D eigenvalue weighted by molar-refractivity contribution is 5.76. The molecule has 0 aliphatic heterocycles. The number of para-hydroxylation sites is 1. The average Bonchev–Trinajstić information content (AvgIpc) is 2.54. The number of carbonyl (C=O) groups excluding carboxylic acids is 1. The van der Waals surface area contributed by atoms with Gasteiger partial charge in [0, 0.05) is 5.56 Å². The van der Waals surface area contributed by atoms with Gasteiger partial charge in [-0.1, -0.05) is 6.07 Å². The number of methoxy groups -OCH3 is 1. The molecule has 2 aromatic carbocycles. The molecule has 118 valence electrons. The standard InChI is InChI=1S/C16H10F3NO3/c1-22-14-7-10(9-21)5-6-13(14)23-15-11(8-20)3-2-4-12(15)16(17,18)19/h2-7,9H,1H3. The van der Waals surface area contributed by atoms with Crippen molar-refractivity contribution >= 4 is 6.29 Å². The molecule has 23 heavy (non-hydrogen) atoms. The van der Waals surface area contributed by atoms with E-state index in [1.807, 2.05) is 0 Å². The molecule has 0 aliphatic rings. The van der Waals surface area contributed by atoms with Crippen molar-refractivity contribution in [2.45, 2.75) is 6.18 Å². The third kappa shape index (κ3) is 3.43. The second kappa shape index (κ2) is 6.40. The van der Waals surface area contributed by atoms with Gasteiger partial charge in [0.1, 0.15) is 12.4 Å². The lowest BCUT2D eigenvalue weighted by molar-refractivity contribution is -0.138. The Labute approximate surface area is 129 Å². The van der Waals surface area contributed by atoms with E-state index in [0.717, 1.165) is 12.1 Å². The fraction of sp³-hybridized carbons (Fsp3) is 0.125. The minimum Gasteiger partial charge on any atom is -0.493 e. The van der Waals surface area contributed by atoms with Crippen LogP contribution in [0.4, 0.5) is 13.2 Å². The number of alkyl halides is 3. The molecule has 0 atom stereocenters. The van der Waals surface area contributed by atoms with Crippen LogP contribution in [-0.4, -0.2) is 13.4 Å².